The molecule has 0 spiro atoms. The normalized spacial score (nSPS) is 35.5. The number of nitrogen functional groups attached to an aromatic ring is 1. The van der Waals surface area contributed by atoms with Crippen LogP contribution in [0.25, 0.3) is 0 Å². The zero-order chi connectivity index (χ0) is 45.1. The molecule has 0 bridgehead atoms. The zero-order valence-electron chi connectivity index (χ0n) is 30.6. The molecule has 31 heteroatoms. The van der Waals surface area contributed by atoms with Crippen molar-refractivity contribution in [1.82, 2.24) is 15.2 Å². The van der Waals surface area contributed by atoms with Crippen molar-refractivity contribution in [2.75, 3.05) is 32.1 Å². The van der Waals surface area contributed by atoms with Crippen molar-refractivity contribution in [3.8, 4) is 0 Å². The molecule has 4 rings (SSSR count). The number of aliphatic carboxylic acids is 1. The number of amides is 2. The molecule has 2 amide bonds. The monoisotopic (exact) mass is 910 g/mol. The molecule has 0 aliphatic carbocycles. The number of phosphoric acid groups is 2. The summed E-state index contributed by atoms with van der Waals surface area (Å²) in [6.45, 7) is -4.42. The van der Waals surface area contributed by atoms with Gasteiger partial charge < -0.3 is 106 Å². The number of nitrogens with zero attached hydrogens (tertiary/aromatic N) is 1. The molecule has 4 heterocycles. The van der Waals surface area contributed by atoms with Crippen LogP contribution in [0.4, 0.5) is 5.69 Å². The van der Waals surface area contributed by atoms with Crippen LogP contribution in [0.3, 0.4) is 0 Å². The molecule has 11 unspecified atom stereocenters. The van der Waals surface area contributed by atoms with Crippen molar-refractivity contribution in [2.24, 2.45) is 0 Å². The molecule has 3 aliphatic heterocycles. The Morgan fingerprint density at radius 1 is 0.950 bits per heavy atom. The maximum absolute atomic E-state index is 13.0. The van der Waals surface area contributed by atoms with Gasteiger partial charge in [-0.05, 0) is 6.07 Å². The number of carboxylic acid groups (broad SMARTS) is 1. The topological polar surface area (TPSA) is 481 Å². The first-order valence-corrected chi connectivity index (χ1v) is 20.4. The number of carboxylic acids is 1. The number of carbonyl (C=O) groups excluding carboxylic acids is 3. The van der Waals surface area contributed by atoms with Gasteiger partial charge in [0.05, 0.1) is 51.0 Å². The minimum atomic E-state index is -6.00. The fourth-order valence-electron chi connectivity index (χ4n) is 6.34. The molecule has 16 atom stereocenters. The van der Waals surface area contributed by atoms with Gasteiger partial charge in [-0.1, -0.05) is 0 Å². The van der Waals surface area contributed by atoms with Crippen molar-refractivity contribution in [1.29, 1.82) is 0 Å². The second-order valence-corrected chi connectivity index (χ2v) is 16.3. The number of anilines is 1. The van der Waals surface area contributed by atoms with E-state index in [1.165, 1.54) is 6.07 Å². The van der Waals surface area contributed by atoms with E-state index in [2.05, 4.69) is 18.9 Å². The molecule has 0 radical (unpaired) electrons. The number of ether oxygens (including phenoxy) is 3. The van der Waals surface area contributed by atoms with E-state index in [-0.39, 0.29) is 5.69 Å². The molecule has 0 saturated carbocycles. The third kappa shape index (κ3) is 12.1. The van der Waals surface area contributed by atoms with Crippen molar-refractivity contribution in [2.45, 2.75) is 104 Å². The van der Waals surface area contributed by atoms with Gasteiger partial charge in [-0.25, -0.2) is 4.57 Å². The van der Waals surface area contributed by atoms with Crippen LogP contribution in [0.1, 0.15) is 19.1 Å². The molecule has 0 aromatic carbocycles. The number of pyridine rings is 1. The maximum atomic E-state index is 13.0. The number of nitrogens with one attached hydrogen (secondary N) is 2. The molecule has 3 saturated heterocycles. The van der Waals surface area contributed by atoms with E-state index in [9.17, 15) is 84.3 Å². The fraction of sp³-hybridized carbons (Fsp3) is 0.724. The predicted octanol–water partition coefficient (Wildman–Crippen LogP) is -10.2. The Kier molecular flexibility index (Phi) is 16.5. The summed E-state index contributed by atoms with van der Waals surface area (Å²) in [7, 11) is -11.1. The maximum Gasteiger partial charge on any atom is 0.469 e. The van der Waals surface area contributed by atoms with Gasteiger partial charge in [0, 0.05) is 24.4 Å². The minimum Gasteiger partial charge on any atom is -0.756 e. The molecule has 3 fully saturated rings. The van der Waals surface area contributed by atoms with Crippen LogP contribution in [-0.2, 0) is 51.3 Å². The number of carbonyl (C=O) groups is 3. The highest BCUT2D eigenvalue weighted by Crippen LogP contribution is 2.48. The average molecular weight is 911 g/mol. The van der Waals surface area contributed by atoms with Crippen molar-refractivity contribution in [3.63, 3.8) is 0 Å². The summed E-state index contributed by atoms with van der Waals surface area (Å²) in [6, 6.07) is 0.226. The second kappa shape index (κ2) is 19.9. The minimum absolute atomic E-state index is 0.0485. The lowest BCUT2D eigenvalue weighted by Crippen LogP contribution is -2.70. The van der Waals surface area contributed by atoms with Crippen molar-refractivity contribution < 1.29 is 117 Å². The van der Waals surface area contributed by atoms with E-state index in [1.54, 1.807) is 0 Å². The van der Waals surface area contributed by atoms with Gasteiger partial charge in [0.25, 0.3) is 13.4 Å². The van der Waals surface area contributed by atoms with Crippen LogP contribution in [0, 0.1) is 0 Å². The Labute approximate surface area is 336 Å². The number of aliphatic hydroxyl groups excluding tert-OH is 9. The van der Waals surface area contributed by atoms with Gasteiger partial charge in [-0.3, -0.25) is 32.6 Å². The lowest BCUT2D eigenvalue weighted by Gasteiger charge is -2.50. The molecule has 15 N–H and O–H groups in total. The van der Waals surface area contributed by atoms with E-state index in [4.69, 9.17) is 29.7 Å². The largest absolute Gasteiger partial charge is 0.756 e. The summed E-state index contributed by atoms with van der Waals surface area (Å²) in [4.78, 5) is 81.0. The molecule has 342 valence electrons. The molecule has 60 heavy (non-hydrogen) atoms. The standard InChI is InChI=1S/C29H46N4O25P2/c30-10-1-2-33(18(39)3-10)27-25(45)23(43)15(56-27)9-54-60(51,52)58-29(28(46)47)5-11(35)19(26(57-29)20(40)12(36)7-34)32-17(38)6-31-16(37)4-13-21(41)24(44)22(42)14(55-13)8-53-59(48,49)50/h1-3,11-15,19-27,34-36,40-45H,4-9,30H2,(H,31,37)(H,32,38)(H,46,47)(H,51,52)(H2,48,49,50)/p-2/t11?,12-,13-,14?,15?,19?,20-,21?,22-,23?,24-,25?,26?,27?,29?/m1/s1. The number of rotatable bonds is 18. The zero-order valence-corrected chi connectivity index (χ0v) is 32.4. The first-order valence-electron chi connectivity index (χ1n) is 17.5. The Morgan fingerprint density at radius 3 is 2.15 bits per heavy atom. The molecule has 1 aromatic heterocycles. The Balaban J connectivity index is 1.41. The summed E-state index contributed by atoms with van der Waals surface area (Å²) in [5.41, 5.74) is 4.80. The van der Waals surface area contributed by atoms with E-state index in [0.29, 0.717) is 0 Å². The van der Waals surface area contributed by atoms with Crippen molar-refractivity contribution in [3.05, 3.63) is 28.7 Å². The quantitative estimate of drug-likeness (QED) is 0.0608. The van der Waals surface area contributed by atoms with Crippen LogP contribution in [0.5, 0.6) is 0 Å². The van der Waals surface area contributed by atoms with Crippen LogP contribution in [-0.4, -0.2) is 190 Å². The first-order chi connectivity index (χ1) is 27.8. The van der Waals surface area contributed by atoms with E-state index >= 15 is 0 Å². The number of aliphatic hydroxyl groups is 9. The van der Waals surface area contributed by atoms with Crippen LogP contribution < -0.4 is 31.9 Å². The second-order valence-electron chi connectivity index (χ2n) is 13.8. The number of hydrogen-bond donors (Lipinski definition) is 14. The lowest BCUT2D eigenvalue weighted by molar-refractivity contribution is -0.377. The number of aromatic nitrogens is 1. The lowest BCUT2D eigenvalue weighted by atomic mass is 9.88. The van der Waals surface area contributed by atoms with Crippen LogP contribution in [0.2, 0.25) is 0 Å². The summed E-state index contributed by atoms with van der Waals surface area (Å²) in [5, 5.41) is 109. The van der Waals surface area contributed by atoms with Gasteiger partial charge in [-0.2, -0.15) is 0 Å². The molecule has 3 aliphatic rings. The summed E-state index contributed by atoms with van der Waals surface area (Å²) >= 11 is 0. The van der Waals surface area contributed by atoms with Gasteiger partial charge in [-0.15, -0.1) is 0 Å². The highest BCUT2D eigenvalue weighted by Gasteiger charge is 2.54. The van der Waals surface area contributed by atoms with Gasteiger partial charge in [0.2, 0.25) is 17.6 Å². The number of phosphoric ester groups is 2. The Hall–Kier alpha value is -3.10. The van der Waals surface area contributed by atoms with Crippen LogP contribution in [0.15, 0.2) is 23.1 Å². The molecular formula is C29H44N4O25P2-2. The highest BCUT2D eigenvalue weighted by atomic mass is 31.2. The fourth-order valence-corrected chi connectivity index (χ4v) is 7.61. The predicted molar refractivity (Wildman–Crippen MR) is 182 cm³/mol. The Morgan fingerprint density at radius 2 is 1.55 bits per heavy atom. The first kappa shape index (κ1) is 49.6. The molecule has 29 nitrogen and oxygen atoms in total. The third-order valence-electron chi connectivity index (χ3n) is 9.42. The van der Waals surface area contributed by atoms with Gasteiger partial charge in [0.15, 0.2) is 6.23 Å². The summed E-state index contributed by atoms with van der Waals surface area (Å²) in [5.74, 6) is -8.45. The summed E-state index contributed by atoms with van der Waals surface area (Å²) in [6.07, 6.45) is -26.6. The van der Waals surface area contributed by atoms with E-state index in [0.717, 1.165) is 16.8 Å². The highest BCUT2D eigenvalue weighted by molar-refractivity contribution is 7.46. The average Bonchev–Trinajstić information content (AvgIpc) is 3.44. The SMILES string of the molecule is Nc1ccn(C2OC(COP(=O)([O-])OC3(C(=O)[O-])CC(O)C(NC(=O)CNC(=O)C[C@H]4OC(COP(=O)(O)O)[C@@H](O)[C@H](O)C4O)C([C@H](O)[C@H](O)CO)O3)C(O)C2O)c(=O)c1. The smallest absolute Gasteiger partial charge is 0.469 e. The number of nitrogens with two attached hydrogens (primary N) is 1. The number of hydrogen-bond acceptors (Lipinski definition) is 24. The van der Waals surface area contributed by atoms with Crippen molar-refractivity contribution >= 4 is 39.1 Å². The molecule has 1 aromatic rings. The van der Waals surface area contributed by atoms with E-state index in [1.807, 2.05) is 5.32 Å². The Bertz CT molecular complexity index is 1840. The van der Waals surface area contributed by atoms with E-state index < -0.39 is 169 Å². The molecular weight excluding hydrogens is 866 g/mol. The van der Waals surface area contributed by atoms with Gasteiger partial charge in [0.1, 0.15) is 67.0 Å². The van der Waals surface area contributed by atoms with Crippen LogP contribution >= 0.6 is 15.6 Å². The summed E-state index contributed by atoms with van der Waals surface area (Å²) < 4.78 is 54.2. The third-order valence-corrected chi connectivity index (χ3v) is 10.9. The van der Waals surface area contributed by atoms with Gasteiger partial charge >= 0.3 is 7.82 Å².